The largest absolute Gasteiger partial charge is 0.122 e. The Kier molecular flexibility index (Phi) is 4.09. The molecule has 4 atom stereocenters. The van der Waals surface area contributed by atoms with Crippen molar-refractivity contribution in [2.75, 3.05) is 0 Å². The molecular weight excluding hydrogens is 262 g/mol. The lowest BCUT2D eigenvalue weighted by molar-refractivity contribution is 0.253. The third-order valence-electron chi connectivity index (χ3n) is 2.95. The molecule has 0 radical (unpaired) electrons. The van der Waals surface area contributed by atoms with Crippen molar-refractivity contribution in [3.05, 3.63) is 11.6 Å². The van der Waals surface area contributed by atoms with Crippen LogP contribution >= 0.6 is 46.4 Å². The Morgan fingerprint density at radius 3 is 2.29 bits per heavy atom. The summed E-state index contributed by atoms with van der Waals surface area (Å²) in [5, 5.41) is -0.0877. The molecule has 82 valence electrons. The second-order valence-corrected chi connectivity index (χ2v) is 6.59. The summed E-state index contributed by atoms with van der Waals surface area (Å²) in [6, 6.07) is 0. The van der Waals surface area contributed by atoms with Gasteiger partial charge in [0.15, 0.2) is 0 Å². The van der Waals surface area contributed by atoms with E-state index in [-0.39, 0.29) is 16.2 Å². The summed E-state index contributed by atoms with van der Waals surface area (Å²) >= 11 is 24.4. The summed E-state index contributed by atoms with van der Waals surface area (Å²) in [5.41, 5.74) is 1.35. The Morgan fingerprint density at radius 2 is 1.79 bits per heavy atom. The second-order valence-electron chi connectivity index (χ2n) is 4.42. The number of alkyl halides is 3. The predicted octanol–water partition coefficient (Wildman–Crippen LogP) is 4.75. The van der Waals surface area contributed by atoms with Gasteiger partial charge in [-0.3, -0.25) is 0 Å². The van der Waals surface area contributed by atoms with Crippen molar-refractivity contribution >= 4 is 46.4 Å². The highest BCUT2D eigenvalue weighted by atomic mass is 35.5. The molecule has 0 amide bonds. The molecule has 0 aliphatic heterocycles. The van der Waals surface area contributed by atoms with E-state index in [1.54, 1.807) is 0 Å². The molecular formula is C10H14Cl4. The van der Waals surface area contributed by atoms with Crippen molar-refractivity contribution in [3.63, 3.8) is 0 Å². The highest BCUT2D eigenvalue weighted by Crippen LogP contribution is 2.49. The first-order valence-electron chi connectivity index (χ1n) is 4.57. The van der Waals surface area contributed by atoms with Crippen molar-refractivity contribution in [2.45, 2.75) is 42.3 Å². The quantitative estimate of drug-likeness (QED) is 0.606. The van der Waals surface area contributed by atoms with Crippen molar-refractivity contribution in [2.24, 2.45) is 5.41 Å². The fourth-order valence-electron chi connectivity index (χ4n) is 1.97. The van der Waals surface area contributed by atoms with Crippen LogP contribution in [0.1, 0.15) is 26.7 Å². The van der Waals surface area contributed by atoms with E-state index in [4.69, 9.17) is 46.4 Å². The lowest BCUT2D eigenvalue weighted by atomic mass is 9.70. The van der Waals surface area contributed by atoms with Crippen LogP contribution in [-0.2, 0) is 0 Å². The van der Waals surface area contributed by atoms with Gasteiger partial charge in [0.2, 0.25) is 0 Å². The van der Waals surface area contributed by atoms with Gasteiger partial charge in [0, 0.05) is 16.3 Å². The van der Waals surface area contributed by atoms with Gasteiger partial charge in [-0.25, -0.2) is 0 Å². The van der Waals surface area contributed by atoms with Gasteiger partial charge in [-0.2, -0.15) is 0 Å². The summed E-state index contributed by atoms with van der Waals surface area (Å²) in [6.07, 6.45) is 3.36. The number of halogens is 4. The minimum absolute atomic E-state index is 0.00757. The van der Waals surface area contributed by atoms with Crippen LogP contribution in [0.15, 0.2) is 11.6 Å². The first-order chi connectivity index (χ1) is 6.32. The van der Waals surface area contributed by atoms with Crippen LogP contribution in [0.5, 0.6) is 0 Å². The zero-order valence-electron chi connectivity index (χ0n) is 8.24. The van der Waals surface area contributed by atoms with Crippen LogP contribution in [0.2, 0.25) is 0 Å². The minimum Gasteiger partial charge on any atom is -0.122 e. The van der Waals surface area contributed by atoms with E-state index in [1.807, 2.05) is 13.0 Å². The third-order valence-corrected chi connectivity index (χ3v) is 4.92. The summed E-state index contributed by atoms with van der Waals surface area (Å²) in [4.78, 5) is -0.405. The van der Waals surface area contributed by atoms with E-state index in [9.17, 15) is 0 Å². The maximum atomic E-state index is 6.34. The Hall–Kier alpha value is 0.900. The van der Waals surface area contributed by atoms with Crippen molar-refractivity contribution in [1.29, 1.82) is 0 Å². The van der Waals surface area contributed by atoms with Crippen LogP contribution in [0.25, 0.3) is 0 Å². The molecule has 0 heterocycles. The predicted molar refractivity (Wildman–Crippen MR) is 65.9 cm³/mol. The molecule has 1 aliphatic rings. The van der Waals surface area contributed by atoms with Crippen molar-refractivity contribution < 1.29 is 0 Å². The molecule has 1 rings (SSSR count). The average Bonchev–Trinajstić information content (AvgIpc) is 2.01. The van der Waals surface area contributed by atoms with E-state index in [0.717, 1.165) is 6.42 Å². The molecule has 0 nitrogen and oxygen atoms in total. The molecule has 0 N–H and O–H groups in total. The minimum atomic E-state index is -0.405. The third kappa shape index (κ3) is 2.52. The zero-order chi connectivity index (χ0) is 11.0. The van der Waals surface area contributed by atoms with Gasteiger partial charge in [-0.15, -0.1) is 34.8 Å². The molecule has 0 aromatic rings. The van der Waals surface area contributed by atoms with Gasteiger partial charge in [-0.1, -0.05) is 24.6 Å². The Bertz CT molecular complexity index is 236. The standard InChI is InChI=1S/C10H14Cl4/c1-9(3-4-11)6-10(2,14)8(13)5-7(9)12/h3-4,7-8H,5-6H2,1-2H3/b4-3+/t7-,8-,9+,10+/m0/s1. The number of rotatable bonds is 1. The van der Waals surface area contributed by atoms with E-state index >= 15 is 0 Å². The van der Waals surface area contributed by atoms with Crippen LogP contribution in [0.4, 0.5) is 0 Å². The molecule has 4 heteroatoms. The first-order valence-corrected chi connectivity index (χ1v) is 6.25. The van der Waals surface area contributed by atoms with E-state index < -0.39 is 4.87 Å². The van der Waals surface area contributed by atoms with Gasteiger partial charge < -0.3 is 0 Å². The van der Waals surface area contributed by atoms with Crippen LogP contribution in [0.3, 0.4) is 0 Å². The molecule has 0 aromatic carbocycles. The lowest BCUT2D eigenvalue weighted by Crippen LogP contribution is -2.47. The molecule has 1 fully saturated rings. The Balaban J connectivity index is 2.89. The Morgan fingerprint density at radius 1 is 1.21 bits per heavy atom. The SMILES string of the molecule is C[C@@]1(Cl)C[C@@](C)(/C=C/Cl)[C@@H](Cl)C[C@@H]1Cl. The zero-order valence-corrected chi connectivity index (χ0v) is 11.3. The molecule has 0 aromatic heterocycles. The van der Waals surface area contributed by atoms with Gasteiger partial charge in [0.05, 0.1) is 10.3 Å². The maximum absolute atomic E-state index is 6.34. The summed E-state index contributed by atoms with van der Waals surface area (Å²) < 4.78 is 0. The fourth-order valence-corrected chi connectivity index (χ4v) is 3.31. The van der Waals surface area contributed by atoms with Gasteiger partial charge in [-0.05, 0) is 19.8 Å². The summed E-state index contributed by atoms with van der Waals surface area (Å²) in [7, 11) is 0. The molecule has 0 bridgehead atoms. The molecule has 0 saturated heterocycles. The number of hydrogen-bond acceptors (Lipinski definition) is 0. The number of allylic oxidation sites excluding steroid dienone is 1. The van der Waals surface area contributed by atoms with E-state index in [0.29, 0.717) is 6.42 Å². The molecule has 1 aliphatic carbocycles. The highest BCUT2D eigenvalue weighted by molar-refractivity contribution is 6.33. The van der Waals surface area contributed by atoms with E-state index in [2.05, 4.69) is 6.92 Å². The molecule has 14 heavy (non-hydrogen) atoms. The molecule has 1 saturated carbocycles. The fraction of sp³-hybridized carbons (Fsp3) is 0.800. The van der Waals surface area contributed by atoms with Crippen molar-refractivity contribution in [3.8, 4) is 0 Å². The van der Waals surface area contributed by atoms with Crippen LogP contribution in [-0.4, -0.2) is 15.6 Å². The van der Waals surface area contributed by atoms with Crippen LogP contribution < -0.4 is 0 Å². The first kappa shape index (κ1) is 13.0. The summed E-state index contributed by atoms with van der Waals surface area (Å²) in [5.74, 6) is 0. The molecule has 0 unspecified atom stereocenters. The van der Waals surface area contributed by atoms with Crippen molar-refractivity contribution in [1.82, 2.24) is 0 Å². The summed E-state index contributed by atoms with van der Waals surface area (Å²) in [6.45, 7) is 4.02. The van der Waals surface area contributed by atoms with Gasteiger partial charge in [0.25, 0.3) is 0 Å². The average molecular weight is 276 g/mol. The number of hydrogen-bond donors (Lipinski definition) is 0. The Labute approximate surface area is 106 Å². The molecule has 0 spiro atoms. The lowest BCUT2D eigenvalue weighted by Gasteiger charge is -2.45. The topological polar surface area (TPSA) is 0 Å². The smallest absolute Gasteiger partial charge is 0.0591 e. The van der Waals surface area contributed by atoms with Gasteiger partial charge in [0.1, 0.15) is 0 Å². The second kappa shape index (κ2) is 4.41. The maximum Gasteiger partial charge on any atom is 0.0591 e. The monoisotopic (exact) mass is 274 g/mol. The van der Waals surface area contributed by atoms with E-state index in [1.165, 1.54) is 5.54 Å². The normalized spacial score (nSPS) is 49.9. The van der Waals surface area contributed by atoms with Crippen LogP contribution in [0, 0.1) is 5.41 Å². The van der Waals surface area contributed by atoms with Gasteiger partial charge >= 0.3 is 0 Å². The highest BCUT2D eigenvalue weighted by Gasteiger charge is 2.47.